The highest BCUT2D eigenvalue weighted by Crippen LogP contribution is 2.50. The van der Waals surface area contributed by atoms with Crippen molar-refractivity contribution in [2.24, 2.45) is 10.6 Å². The van der Waals surface area contributed by atoms with Crippen LogP contribution in [0.3, 0.4) is 0 Å². The molecule has 5 rings (SSSR count). The fraction of sp³-hybridized carbons (Fsp3) is 0.500. The molecule has 0 radical (unpaired) electrons. The number of hydrogen-bond donors (Lipinski definition) is 2. The number of piperazine rings is 1. The van der Waals surface area contributed by atoms with Crippen molar-refractivity contribution in [3.63, 3.8) is 0 Å². The van der Waals surface area contributed by atoms with Crippen LogP contribution < -0.4 is 15.4 Å². The number of nitrogens with two attached hydrogens (primary N) is 1. The maximum Gasteiger partial charge on any atom is 0.222 e. The second kappa shape index (κ2) is 8.47. The highest BCUT2D eigenvalue weighted by Gasteiger charge is 2.60. The van der Waals surface area contributed by atoms with E-state index in [0.29, 0.717) is 22.7 Å². The van der Waals surface area contributed by atoms with E-state index in [2.05, 4.69) is 60.3 Å². The monoisotopic (exact) mass is 516 g/mol. The lowest BCUT2D eigenvalue weighted by atomic mass is 9.72. The average Bonchev–Trinajstić information content (AvgIpc) is 3.60. The molecule has 2 aromatic carbocycles. The molecular formula is C26H33ClN4O3S. The molecule has 7 nitrogen and oxygen atoms in total. The van der Waals surface area contributed by atoms with E-state index in [1.807, 2.05) is 6.07 Å². The standard InChI is InChI=1S/C26H33ClN4O3S/c1-25(2)16-18-13-19(27)15-21(24(32)26(7-8-26)35(28,33)34)22(18)29-23(25)17-5-4-6-20(14-17)31-11-9-30(3)10-12-31/h4-6,13-15,23,29H,7-12,16H2,1-3H3,(H2,28,33,34). The molecule has 2 aromatic rings. The lowest BCUT2D eigenvalue weighted by Gasteiger charge is -2.42. The van der Waals surface area contributed by atoms with Crippen LogP contribution in [-0.4, -0.2) is 57.1 Å². The molecule has 1 unspecified atom stereocenters. The van der Waals surface area contributed by atoms with Crippen molar-refractivity contribution in [3.05, 3.63) is 58.1 Å². The van der Waals surface area contributed by atoms with Crippen molar-refractivity contribution < 1.29 is 13.2 Å². The lowest BCUT2D eigenvalue weighted by Crippen LogP contribution is -2.44. The van der Waals surface area contributed by atoms with Gasteiger partial charge in [0, 0.05) is 48.1 Å². The number of hydrogen-bond acceptors (Lipinski definition) is 6. The van der Waals surface area contributed by atoms with E-state index >= 15 is 0 Å². The number of sulfonamides is 1. The van der Waals surface area contributed by atoms with E-state index in [4.69, 9.17) is 16.7 Å². The van der Waals surface area contributed by atoms with Crippen molar-refractivity contribution in [2.45, 2.75) is 43.9 Å². The summed E-state index contributed by atoms with van der Waals surface area (Å²) in [5.41, 5.74) is 4.06. The van der Waals surface area contributed by atoms with E-state index in [9.17, 15) is 13.2 Å². The molecule has 0 amide bonds. The summed E-state index contributed by atoms with van der Waals surface area (Å²) in [6.45, 7) is 8.43. The van der Waals surface area contributed by atoms with E-state index in [-0.39, 0.29) is 24.3 Å². The van der Waals surface area contributed by atoms with Gasteiger partial charge in [0.05, 0.1) is 6.04 Å². The Morgan fingerprint density at radius 1 is 1.11 bits per heavy atom. The molecule has 3 N–H and O–H groups in total. The third kappa shape index (κ3) is 4.35. The van der Waals surface area contributed by atoms with Gasteiger partial charge in [-0.1, -0.05) is 37.6 Å². The van der Waals surface area contributed by atoms with Gasteiger partial charge in [0.2, 0.25) is 10.0 Å². The number of halogens is 1. The molecule has 1 atom stereocenters. The Labute approximate surface area is 212 Å². The zero-order valence-electron chi connectivity index (χ0n) is 20.5. The molecule has 0 bridgehead atoms. The van der Waals surface area contributed by atoms with E-state index < -0.39 is 20.6 Å². The normalized spacial score (nSPS) is 23.3. The van der Waals surface area contributed by atoms with E-state index in [1.54, 1.807) is 6.07 Å². The molecule has 35 heavy (non-hydrogen) atoms. The number of primary sulfonamides is 1. The Balaban J connectivity index is 1.52. The quantitative estimate of drug-likeness (QED) is 0.586. The minimum atomic E-state index is -4.02. The molecule has 3 aliphatic rings. The minimum Gasteiger partial charge on any atom is -0.377 e. The van der Waals surface area contributed by atoms with Crippen LogP contribution in [0.5, 0.6) is 0 Å². The van der Waals surface area contributed by atoms with Gasteiger partial charge in [-0.3, -0.25) is 4.79 Å². The first-order chi connectivity index (χ1) is 16.4. The smallest absolute Gasteiger partial charge is 0.222 e. The third-order valence-electron chi connectivity index (χ3n) is 7.88. The number of carbonyl (C=O) groups is 1. The van der Waals surface area contributed by atoms with Gasteiger partial charge in [0.15, 0.2) is 5.78 Å². The van der Waals surface area contributed by atoms with Gasteiger partial charge < -0.3 is 15.1 Å². The SMILES string of the molecule is CN1CCN(c2cccc(C3Nc4c(cc(Cl)cc4C(=O)C4(S(N)(=O)=O)CC4)CC3(C)C)c2)CC1. The summed E-state index contributed by atoms with van der Waals surface area (Å²) in [5, 5.41) is 9.52. The molecule has 0 spiro atoms. The maximum atomic E-state index is 13.5. The van der Waals surface area contributed by atoms with Gasteiger partial charge in [-0.2, -0.15) is 0 Å². The second-order valence-corrected chi connectivity index (χ2v) is 13.3. The molecule has 2 aliphatic heterocycles. The molecule has 0 aromatic heterocycles. The zero-order chi connectivity index (χ0) is 25.2. The van der Waals surface area contributed by atoms with Crippen LogP contribution in [0.4, 0.5) is 11.4 Å². The predicted octanol–water partition coefficient (Wildman–Crippen LogP) is 3.83. The Morgan fingerprint density at radius 3 is 2.43 bits per heavy atom. The largest absolute Gasteiger partial charge is 0.377 e. The molecule has 1 saturated carbocycles. The molecule has 1 saturated heterocycles. The molecule has 9 heteroatoms. The van der Waals surface area contributed by atoms with E-state index in [1.165, 1.54) is 5.69 Å². The fourth-order valence-electron chi connectivity index (χ4n) is 5.58. The summed E-state index contributed by atoms with van der Waals surface area (Å²) in [5.74, 6) is -0.462. The minimum absolute atomic E-state index is 0.0697. The highest BCUT2D eigenvalue weighted by atomic mass is 35.5. The summed E-state index contributed by atoms with van der Waals surface area (Å²) in [4.78, 5) is 18.3. The average molecular weight is 517 g/mol. The molecular weight excluding hydrogens is 484 g/mol. The van der Waals surface area contributed by atoms with Gasteiger partial charge >= 0.3 is 0 Å². The van der Waals surface area contributed by atoms with Crippen LogP contribution in [0, 0.1) is 5.41 Å². The predicted molar refractivity (Wildman–Crippen MR) is 141 cm³/mol. The maximum absolute atomic E-state index is 13.5. The number of likely N-dealkylation sites (N-methyl/N-ethyl adjacent to an activating group) is 1. The summed E-state index contributed by atoms with van der Waals surface area (Å²) in [6.07, 6.45) is 1.18. The van der Waals surface area contributed by atoms with Crippen molar-refractivity contribution in [1.82, 2.24) is 4.90 Å². The Kier molecular flexibility index (Phi) is 5.95. The van der Waals surface area contributed by atoms with Gasteiger partial charge in [-0.15, -0.1) is 0 Å². The van der Waals surface area contributed by atoms with Crippen LogP contribution in [0.2, 0.25) is 5.02 Å². The van der Waals surface area contributed by atoms with Crippen LogP contribution in [0.25, 0.3) is 0 Å². The first-order valence-corrected chi connectivity index (χ1v) is 14.0. The number of rotatable bonds is 5. The topological polar surface area (TPSA) is 95.7 Å². The number of nitrogens with zero attached hydrogens (tertiary/aromatic N) is 2. The number of nitrogens with one attached hydrogen (secondary N) is 1. The van der Waals surface area contributed by atoms with Crippen molar-refractivity contribution in [2.75, 3.05) is 43.4 Å². The van der Waals surface area contributed by atoms with Crippen LogP contribution >= 0.6 is 11.6 Å². The number of benzene rings is 2. The van der Waals surface area contributed by atoms with E-state index in [0.717, 1.165) is 37.3 Å². The van der Waals surface area contributed by atoms with Gasteiger partial charge in [0.1, 0.15) is 4.75 Å². The first-order valence-electron chi connectivity index (χ1n) is 12.1. The summed E-state index contributed by atoms with van der Waals surface area (Å²) < 4.78 is 23.0. The summed E-state index contributed by atoms with van der Waals surface area (Å²) in [7, 11) is -1.87. The third-order valence-corrected chi connectivity index (χ3v) is 9.78. The van der Waals surface area contributed by atoms with Crippen molar-refractivity contribution >= 4 is 38.8 Å². The van der Waals surface area contributed by atoms with Gasteiger partial charge in [-0.25, -0.2) is 13.6 Å². The molecule has 2 heterocycles. The summed E-state index contributed by atoms with van der Waals surface area (Å²) in [6, 6.07) is 12.0. The van der Waals surface area contributed by atoms with Crippen molar-refractivity contribution in [1.29, 1.82) is 0 Å². The number of ketones is 1. The number of anilines is 2. The summed E-state index contributed by atoms with van der Waals surface area (Å²) >= 11 is 6.40. The zero-order valence-corrected chi connectivity index (χ0v) is 22.0. The second-order valence-electron chi connectivity index (χ2n) is 11.0. The van der Waals surface area contributed by atoms with Crippen LogP contribution in [-0.2, 0) is 16.4 Å². The Hall–Kier alpha value is -2.13. The lowest BCUT2D eigenvalue weighted by molar-refractivity contribution is 0.0978. The van der Waals surface area contributed by atoms with Crippen LogP contribution in [0.15, 0.2) is 36.4 Å². The highest BCUT2D eigenvalue weighted by molar-refractivity contribution is 7.91. The van der Waals surface area contributed by atoms with Crippen LogP contribution in [0.1, 0.15) is 54.2 Å². The molecule has 2 fully saturated rings. The van der Waals surface area contributed by atoms with Crippen molar-refractivity contribution in [3.8, 4) is 0 Å². The number of carbonyl (C=O) groups excluding carboxylic acids is 1. The molecule has 1 aliphatic carbocycles. The Bertz CT molecular complexity index is 1280. The number of fused-ring (bicyclic) bond motifs is 1. The first kappa shape index (κ1) is 24.6. The Morgan fingerprint density at radius 2 is 1.80 bits per heavy atom. The van der Waals surface area contributed by atoms with Gasteiger partial charge in [0.25, 0.3) is 0 Å². The fourth-order valence-corrected chi connectivity index (χ4v) is 6.87. The number of Topliss-reactive ketones (excluding diaryl/α,β-unsaturated/α-hetero) is 1. The van der Waals surface area contributed by atoms with Gasteiger partial charge in [-0.05, 0) is 67.1 Å². The molecule has 188 valence electrons.